The fourth-order valence-electron chi connectivity index (χ4n) is 2.35. The lowest BCUT2D eigenvalue weighted by atomic mass is 10.1. The number of hydrogen-bond acceptors (Lipinski definition) is 2. The Labute approximate surface area is 133 Å². The van der Waals surface area contributed by atoms with Crippen LogP contribution in [0.2, 0.25) is 0 Å². The molecule has 0 amide bonds. The Morgan fingerprint density at radius 2 is 1.70 bits per heavy atom. The first-order valence-electron chi connectivity index (χ1n) is 7.38. The van der Waals surface area contributed by atoms with Gasteiger partial charge in [0.15, 0.2) is 0 Å². The molecule has 0 spiro atoms. The largest absolute Gasteiger partial charge is 0.399 e. The number of nitrogens with two attached hydrogens (primary N) is 1. The molecule has 3 aromatic rings. The molecule has 0 aliphatic carbocycles. The van der Waals surface area contributed by atoms with Crippen LogP contribution in [0.15, 0.2) is 61.1 Å². The van der Waals surface area contributed by atoms with Gasteiger partial charge in [0.1, 0.15) is 0 Å². The molecular formula is C18H17F2N3. The third-order valence-electron chi connectivity index (χ3n) is 3.82. The van der Waals surface area contributed by atoms with Gasteiger partial charge in [-0.3, -0.25) is 0 Å². The summed E-state index contributed by atoms with van der Waals surface area (Å²) in [5, 5.41) is 0. The summed E-state index contributed by atoms with van der Waals surface area (Å²) < 4.78 is 29.1. The highest BCUT2D eigenvalue weighted by molar-refractivity contribution is 5.61. The first-order valence-corrected chi connectivity index (χ1v) is 7.38. The topological polar surface area (TPSA) is 43.8 Å². The van der Waals surface area contributed by atoms with Crippen molar-refractivity contribution in [3.8, 4) is 16.9 Å². The average molecular weight is 313 g/mol. The Bertz CT molecular complexity index is 790. The molecule has 2 N–H and O–H groups in total. The molecular weight excluding hydrogens is 296 g/mol. The Morgan fingerprint density at radius 1 is 1.04 bits per heavy atom. The molecule has 3 rings (SSSR count). The van der Waals surface area contributed by atoms with Gasteiger partial charge >= 0.3 is 0 Å². The van der Waals surface area contributed by atoms with Crippen molar-refractivity contribution in [1.29, 1.82) is 0 Å². The van der Waals surface area contributed by atoms with Crippen LogP contribution in [-0.2, 0) is 5.92 Å². The predicted molar refractivity (Wildman–Crippen MR) is 87.6 cm³/mol. The molecule has 0 atom stereocenters. The van der Waals surface area contributed by atoms with Crippen molar-refractivity contribution >= 4 is 5.69 Å². The minimum absolute atomic E-state index is 0.0302. The zero-order valence-corrected chi connectivity index (χ0v) is 12.7. The third-order valence-corrected chi connectivity index (χ3v) is 3.82. The van der Waals surface area contributed by atoms with E-state index in [0.717, 1.165) is 16.9 Å². The predicted octanol–water partition coefficient (Wildman–Crippen LogP) is 4.62. The van der Waals surface area contributed by atoms with Crippen LogP contribution in [0.3, 0.4) is 0 Å². The van der Waals surface area contributed by atoms with Gasteiger partial charge in [-0.25, -0.2) is 13.8 Å². The molecule has 0 saturated heterocycles. The maximum Gasteiger partial charge on any atom is 0.273 e. The third kappa shape index (κ3) is 3.08. The molecule has 0 fully saturated rings. The summed E-state index contributed by atoms with van der Waals surface area (Å²) in [5.41, 5.74) is 8.94. The molecule has 0 aliphatic rings. The quantitative estimate of drug-likeness (QED) is 0.714. The lowest BCUT2D eigenvalue weighted by Gasteiger charge is -2.14. The second-order valence-corrected chi connectivity index (χ2v) is 5.39. The molecule has 2 aromatic carbocycles. The van der Waals surface area contributed by atoms with E-state index in [1.165, 1.54) is 19.1 Å². The highest BCUT2D eigenvalue weighted by Crippen LogP contribution is 2.31. The molecule has 118 valence electrons. The molecule has 5 heteroatoms. The monoisotopic (exact) mass is 313 g/mol. The van der Waals surface area contributed by atoms with Crippen molar-refractivity contribution in [3.63, 3.8) is 0 Å². The molecule has 0 saturated carbocycles. The van der Waals surface area contributed by atoms with Gasteiger partial charge < -0.3 is 10.3 Å². The first-order chi connectivity index (χ1) is 11.0. The van der Waals surface area contributed by atoms with Crippen molar-refractivity contribution in [3.05, 3.63) is 66.6 Å². The van der Waals surface area contributed by atoms with Crippen LogP contribution < -0.4 is 5.73 Å². The van der Waals surface area contributed by atoms with E-state index in [2.05, 4.69) is 4.98 Å². The van der Waals surface area contributed by atoms with E-state index in [-0.39, 0.29) is 12.0 Å². The molecule has 0 radical (unpaired) electrons. The zero-order valence-electron chi connectivity index (χ0n) is 12.7. The fourth-order valence-corrected chi connectivity index (χ4v) is 2.35. The van der Waals surface area contributed by atoms with E-state index in [1.807, 2.05) is 30.5 Å². The number of nitrogens with zero attached hydrogens (tertiary/aromatic N) is 2. The molecule has 0 bridgehead atoms. The summed E-state index contributed by atoms with van der Waals surface area (Å²) in [5.74, 6) is -2.79. The summed E-state index contributed by atoms with van der Waals surface area (Å²) in [6, 6.07) is 13.7. The van der Waals surface area contributed by atoms with E-state index in [4.69, 9.17) is 5.73 Å². The zero-order chi connectivity index (χ0) is 16.4. The normalized spacial score (nSPS) is 11.6. The van der Waals surface area contributed by atoms with Crippen LogP contribution in [0.25, 0.3) is 16.9 Å². The number of hydrogen-bond donors (Lipinski definition) is 1. The number of rotatable bonds is 4. The number of nitrogen functional groups attached to an aromatic ring is 1. The Balaban J connectivity index is 1.87. The van der Waals surface area contributed by atoms with Crippen LogP contribution in [0, 0.1) is 0 Å². The van der Waals surface area contributed by atoms with E-state index >= 15 is 0 Å². The van der Waals surface area contributed by atoms with Crippen LogP contribution in [-0.4, -0.2) is 9.55 Å². The van der Waals surface area contributed by atoms with Gasteiger partial charge in [-0.2, -0.15) is 0 Å². The number of aromatic nitrogens is 2. The minimum Gasteiger partial charge on any atom is -0.399 e. The van der Waals surface area contributed by atoms with Crippen molar-refractivity contribution in [1.82, 2.24) is 9.55 Å². The second kappa shape index (κ2) is 5.83. The summed E-state index contributed by atoms with van der Waals surface area (Å²) in [6.07, 6.45) is 3.32. The molecule has 23 heavy (non-hydrogen) atoms. The standard InChI is InChI=1S/C18H17F2N3/c1-2-18(19,20)14-5-9-16(10-6-14)23-11-17(22-12-23)13-3-7-15(21)8-4-13/h3-12H,2,21H2,1H3. The van der Waals surface area contributed by atoms with E-state index in [9.17, 15) is 8.78 Å². The highest BCUT2D eigenvalue weighted by Gasteiger charge is 2.28. The number of imidazole rings is 1. The number of benzene rings is 2. The second-order valence-electron chi connectivity index (χ2n) is 5.39. The Hall–Kier alpha value is -2.69. The van der Waals surface area contributed by atoms with Gasteiger partial charge in [0.25, 0.3) is 5.92 Å². The van der Waals surface area contributed by atoms with E-state index < -0.39 is 5.92 Å². The van der Waals surface area contributed by atoms with Crippen molar-refractivity contribution < 1.29 is 8.78 Å². The van der Waals surface area contributed by atoms with Gasteiger partial charge in [-0.15, -0.1) is 0 Å². The van der Waals surface area contributed by atoms with Crippen LogP contribution in [0.1, 0.15) is 18.9 Å². The van der Waals surface area contributed by atoms with Crippen LogP contribution >= 0.6 is 0 Å². The maximum atomic E-state index is 13.6. The van der Waals surface area contributed by atoms with Gasteiger partial charge in [0.05, 0.1) is 12.0 Å². The van der Waals surface area contributed by atoms with Crippen LogP contribution in [0.5, 0.6) is 0 Å². The van der Waals surface area contributed by atoms with E-state index in [0.29, 0.717) is 5.69 Å². The summed E-state index contributed by atoms with van der Waals surface area (Å²) in [7, 11) is 0. The average Bonchev–Trinajstić information content (AvgIpc) is 3.05. The lowest BCUT2D eigenvalue weighted by molar-refractivity contribution is -0.00827. The Kier molecular flexibility index (Phi) is 3.86. The fraction of sp³-hybridized carbons (Fsp3) is 0.167. The number of halogens is 2. The summed E-state index contributed by atoms with van der Waals surface area (Å²) in [4.78, 5) is 4.35. The maximum absolute atomic E-state index is 13.6. The number of alkyl halides is 2. The van der Waals surface area contributed by atoms with Gasteiger partial charge in [0, 0.05) is 35.1 Å². The van der Waals surface area contributed by atoms with Crippen LogP contribution in [0.4, 0.5) is 14.5 Å². The SMILES string of the molecule is CCC(F)(F)c1ccc(-n2cnc(-c3ccc(N)cc3)c2)cc1. The number of anilines is 1. The molecule has 0 unspecified atom stereocenters. The molecule has 1 heterocycles. The summed E-state index contributed by atoms with van der Waals surface area (Å²) in [6.45, 7) is 1.47. The smallest absolute Gasteiger partial charge is 0.273 e. The molecule has 3 nitrogen and oxygen atoms in total. The Morgan fingerprint density at radius 3 is 2.30 bits per heavy atom. The molecule has 1 aromatic heterocycles. The lowest BCUT2D eigenvalue weighted by Crippen LogP contribution is -2.11. The van der Waals surface area contributed by atoms with Crippen molar-refractivity contribution in [2.45, 2.75) is 19.3 Å². The van der Waals surface area contributed by atoms with Gasteiger partial charge in [-0.05, 0) is 24.3 Å². The van der Waals surface area contributed by atoms with Gasteiger partial charge in [0.2, 0.25) is 0 Å². The van der Waals surface area contributed by atoms with Crippen molar-refractivity contribution in [2.75, 3.05) is 5.73 Å². The summed E-state index contributed by atoms with van der Waals surface area (Å²) >= 11 is 0. The molecule has 0 aliphatic heterocycles. The van der Waals surface area contributed by atoms with Crippen molar-refractivity contribution in [2.24, 2.45) is 0 Å². The van der Waals surface area contributed by atoms with E-state index in [1.54, 1.807) is 23.0 Å². The first kappa shape index (κ1) is 15.2. The highest BCUT2D eigenvalue weighted by atomic mass is 19.3. The minimum atomic E-state index is -2.79. The van der Waals surface area contributed by atoms with Gasteiger partial charge in [-0.1, -0.05) is 31.2 Å².